The van der Waals surface area contributed by atoms with Crippen LogP contribution in [0, 0.1) is 11.8 Å². The molecule has 2 aliphatic rings. The fourth-order valence-corrected chi connectivity index (χ4v) is 3.64. The summed E-state index contributed by atoms with van der Waals surface area (Å²) in [4.78, 5) is 13.7. The van der Waals surface area contributed by atoms with Crippen molar-refractivity contribution in [2.45, 2.75) is 44.5 Å². The Balaban J connectivity index is 1.80. The first-order valence-corrected chi connectivity index (χ1v) is 8.11. The molecule has 2 heterocycles. The molecule has 2 fully saturated rings. The third-order valence-corrected chi connectivity index (χ3v) is 4.76. The number of nitrogens with zero attached hydrogens (tertiary/aromatic N) is 1. The monoisotopic (exact) mass is 298 g/mol. The first-order chi connectivity index (χ1) is 10.1. The van der Waals surface area contributed by atoms with Gasteiger partial charge >= 0.3 is 13.1 Å². The van der Waals surface area contributed by atoms with E-state index in [9.17, 15) is 9.90 Å². The van der Waals surface area contributed by atoms with Gasteiger partial charge < -0.3 is 25.4 Å². The molecule has 2 unspecified atom stereocenters. The molecule has 6 nitrogen and oxygen atoms in total. The minimum absolute atomic E-state index is 0.129. The molecule has 0 spiro atoms. The van der Waals surface area contributed by atoms with E-state index in [2.05, 4.69) is 10.2 Å². The maximum absolute atomic E-state index is 11.4. The molecule has 0 aromatic rings. The fraction of sp³-hybridized carbons (Fsp3) is 0.929. The lowest BCUT2D eigenvalue weighted by molar-refractivity contribution is -0.142. The molecule has 0 aliphatic carbocycles. The third kappa shape index (κ3) is 5.25. The van der Waals surface area contributed by atoms with Crippen LogP contribution < -0.4 is 5.32 Å². The van der Waals surface area contributed by atoms with Gasteiger partial charge in [0.15, 0.2) is 0 Å². The van der Waals surface area contributed by atoms with Gasteiger partial charge in [-0.15, -0.1) is 0 Å². The van der Waals surface area contributed by atoms with Crippen molar-refractivity contribution in [2.24, 2.45) is 11.8 Å². The van der Waals surface area contributed by atoms with Gasteiger partial charge in [0, 0.05) is 25.7 Å². The lowest BCUT2D eigenvalue weighted by Gasteiger charge is -2.28. The van der Waals surface area contributed by atoms with E-state index in [1.54, 1.807) is 0 Å². The second-order valence-corrected chi connectivity index (χ2v) is 6.48. The summed E-state index contributed by atoms with van der Waals surface area (Å²) in [7, 11) is -1.28. The molecule has 0 aromatic heterocycles. The first-order valence-electron chi connectivity index (χ1n) is 8.11. The molecule has 4 N–H and O–H groups in total. The van der Waals surface area contributed by atoms with Gasteiger partial charge in [0.1, 0.15) is 0 Å². The molecule has 0 aromatic carbocycles. The molecular weight excluding hydrogens is 271 g/mol. The highest BCUT2D eigenvalue weighted by Crippen LogP contribution is 2.29. The minimum Gasteiger partial charge on any atom is -0.481 e. The number of carbonyl (C=O) groups is 1. The number of likely N-dealkylation sites (tertiary alicyclic amines) is 1. The van der Waals surface area contributed by atoms with Crippen molar-refractivity contribution in [2.75, 3.05) is 26.2 Å². The second-order valence-electron chi connectivity index (χ2n) is 6.48. The zero-order chi connectivity index (χ0) is 15.2. The van der Waals surface area contributed by atoms with Crippen LogP contribution in [0.4, 0.5) is 0 Å². The zero-order valence-corrected chi connectivity index (χ0v) is 12.6. The van der Waals surface area contributed by atoms with Gasteiger partial charge in [0.05, 0.1) is 5.92 Å². The summed E-state index contributed by atoms with van der Waals surface area (Å²) in [5, 5.41) is 30.7. The fourth-order valence-electron chi connectivity index (χ4n) is 3.64. The quantitative estimate of drug-likeness (QED) is 0.495. The Morgan fingerprint density at radius 3 is 2.71 bits per heavy atom. The highest BCUT2D eigenvalue weighted by Gasteiger charge is 2.37. The van der Waals surface area contributed by atoms with Gasteiger partial charge in [0.2, 0.25) is 0 Å². The number of carboxylic acid groups (broad SMARTS) is 1. The van der Waals surface area contributed by atoms with Crippen molar-refractivity contribution < 1.29 is 19.9 Å². The molecule has 3 atom stereocenters. The normalized spacial score (nSPS) is 30.5. The molecule has 7 heteroatoms. The first kappa shape index (κ1) is 16.7. The van der Waals surface area contributed by atoms with Gasteiger partial charge in [-0.1, -0.05) is 12.8 Å². The van der Waals surface area contributed by atoms with Crippen LogP contribution in [0.1, 0.15) is 32.1 Å². The zero-order valence-electron chi connectivity index (χ0n) is 12.6. The number of carboxylic acids is 1. The number of aliphatic carboxylic acids is 1. The van der Waals surface area contributed by atoms with Crippen molar-refractivity contribution in [1.29, 1.82) is 0 Å². The van der Waals surface area contributed by atoms with Crippen molar-refractivity contribution >= 4 is 13.1 Å². The summed E-state index contributed by atoms with van der Waals surface area (Å²) >= 11 is 0. The SMILES string of the molecule is O=C(O)C1CN(CC2CCCCN2)C[C@@H]1CCCB(O)O. The topological polar surface area (TPSA) is 93.0 Å². The molecule has 2 saturated heterocycles. The Morgan fingerprint density at radius 2 is 2.10 bits per heavy atom. The van der Waals surface area contributed by atoms with E-state index in [0.29, 0.717) is 25.3 Å². The highest BCUT2D eigenvalue weighted by molar-refractivity contribution is 6.40. The van der Waals surface area contributed by atoms with Gasteiger partial charge in [-0.05, 0) is 38.0 Å². The molecular formula is C14H27BN2O4. The second kappa shape index (κ2) is 8.12. The summed E-state index contributed by atoms with van der Waals surface area (Å²) < 4.78 is 0. The summed E-state index contributed by atoms with van der Waals surface area (Å²) in [6, 6.07) is 0.492. The average Bonchev–Trinajstić information content (AvgIpc) is 2.82. The molecule has 0 bridgehead atoms. The van der Waals surface area contributed by atoms with Gasteiger partial charge in [-0.2, -0.15) is 0 Å². The van der Waals surface area contributed by atoms with Crippen LogP contribution in [-0.4, -0.2) is 65.4 Å². The maximum atomic E-state index is 11.4. The Hall–Kier alpha value is -0.625. The number of nitrogens with one attached hydrogen (secondary N) is 1. The third-order valence-electron chi connectivity index (χ3n) is 4.76. The molecule has 0 saturated carbocycles. The van der Waals surface area contributed by atoms with E-state index in [1.807, 2.05) is 0 Å². The van der Waals surface area contributed by atoms with Gasteiger partial charge in [-0.3, -0.25) is 4.79 Å². The van der Waals surface area contributed by atoms with Crippen LogP contribution in [0.2, 0.25) is 6.32 Å². The van der Waals surface area contributed by atoms with Crippen LogP contribution in [0.25, 0.3) is 0 Å². The molecule has 21 heavy (non-hydrogen) atoms. The Bertz CT molecular complexity index is 337. The Morgan fingerprint density at radius 1 is 1.29 bits per heavy atom. The Labute approximate surface area is 126 Å². The predicted molar refractivity (Wildman–Crippen MR) is 80.9 cm³/mol. The lowest BCUT2D eigenvalue weighted by Crippen LogP contribution is -2.43. The predicted octanol–water partition coefficient (Wildman–Crippen LogP) is 0.0141. The molecule has 0 amide bonds. The maximum Gasteiger partial charge on any atom is 0.451 e. The van der Waals surface area contributed by atoms with E-state index < -0.39 is 13.1 Å². The van der Waals surface area contributed by atoms with E-state index in [4.69, 9.17) is 10.0 Å². The van der Waals surface area contributed by atoms with Gasteiger partial charge in [-0.25, -0.2) is 0 Å². The van der Waals surface area contributed by atoms with Crippen LogP contribution in [-0.2, 0) is 4.79 Å². The van der Waals surface area contributed by atoms with E-state index in [-0.39, 0.29) is 11.8 Å². The summed E-state index contributed by atoms with van der Waals surface area (Å²) in [6.07, 6.45) is 5.42. The largest absolute Gasteiger partial charge is 0.481 e. The van der Waals surface area contributed by atoms with E-state index in [0.717, 1.165) is 26.1 Å². The van der Waals surface area contributed by atoms with Crippen LogP contribution >= 0.6 is 0 Å². The van der Waals surface area contributed by atoms with Crippen molar-refractivity contribution in [3.63, 3.8) is 0 Å². The number of hydrogen-bond acceptors (Lipinski definition) is 5. The molecule has 2 aliphatic heterocycles. The average molecular weight is 298 g/mol. The lowest BCUT2D eigenvalue weighted by atomic mass is 9.80. The molecule has 2 rings (SSSR count). The number of rotatable bonds is 7. The standard InChI is InChI=1S/C14H27BN2O4/c18-14(19)13-10-17(9-12-5-1-2-7-16-12)8-11(13)4-3-6-15(20)21/h11-13,16,20-21H,1-10H2,(H,18,19)/t11-,12?,13?/m0/s1. The highest BCUT2D eigenvalue weighted by atomic mass is 16.4. The minimum atomic E-state index is -1.28. The summed E-state index contributed by atoms with van der Waals surface area (Å²) in [5.74, 6) is -0.905. The summed E-state index contributed by atoms with van der Waals surface area (Å²) in [6.45, 7) is 3.44. The molecule has 0 radical (unpaired) electrons. The number of piperidine rings is 1. The van der Waals surface area contributed by atoms with E-state index in [1.165, 1.54) is 19.3 Å². The van der Waals surface area contributed by atoms with Crippen molar-refractivity contribution in [1.82, 2.24) is 10.2 Å². The summed E-state index contributed by atoms with van der Waals surface area (Å²) in [5.41, 5.74) is 0. The molecule has 120 valence electrons. The van der Waals surface area contributed by atoms with E-state index >= 15 is 0 Å². The van der Waals surface area contributed by atoms with Gasteiger partial charge in [0.25, 0.3) is 0 Å². The van der Waals surface area contributed by atoms with Crippen LogP contribution in [0.5, 0.6) is 0 Å². The van der Waals surface area contributed by atoms with Crippen molar-refractivity contribution in [3.8, 4) is 0 Å². The van der Waals surface area contributed by atoms with Crippen molar-refractivity contribution in [3.05, 3.63) is 0 Å². The smallest absolute Gasteiger partial charge is 0.451 e. The number of hydrogen-bond donors (Lipinski definition) is 4. The van der Waals surface area contributed by atoms with Crippen LogP contribution in [0.15, 0.2) is 0 Å². The van der Waals surface area contributed by atoms with Crippen LogP contribution in [0.3, 0.4) is 0 Å². The Kier molecular flexibility index (Phi) is 6.48.